The summed E-state index contributed by atoms with van der Waals surface area (Å²) >= 11 is 1.98. The second-order valence-electron chi connectivity index (χ2n) is 12.1. The minimum atomic E-state index is 0.394. The van der Waals surface area contributed by atoms with Crippen LogP contribution in [-0.2, 0) is 0 Å². The highest BCUT2D eigenvalue weighted by atomic mass is 32.2. The third kappa shape index (κ3) is 3.71. The van der Waals surface area contributed by atoms with Crippen LogP contribution in [0.3, 0.4) is 0 Å². The Bertz CT molecular complexity index is 2490. The van der Waals surface area contributed by atoms with Crippen molar-refractivity contribution in [1.29, 1.82) is 0 Å². The first-order valence-corrected chi connectivity index (χ1v) is 16.5. The molecule has 2 unspecified atom stereocenters. The zero-order valence-corrected chi connectivity index (χ0v) is 25.3. The zero-order chi connectivity index (χ0) is 29.5. The van der Waals surface area contributed by atoms with Gasteiger partial charge in [-0.1, -0.05) is 103 Å². The summed E-state index contributed by atoms with van der Waals surface area (Å²) in [6.45, 7) is 0. The van der Waals surface area contributed by atoms with Crippen LogP contribution in [0.5, 0.6) is 0 Å². The third-order valence-electron chi connectivity index (χ3n) is 9.65. The van der Waals surface area contributed by atoms with E-state index in [1.807, 2.05) is 11.8 Å². The summed E-state index contributed by atoms with van der Waals surface area (Å²) in [5, 5.41) is 5.59. The zero-order valence-electron chi connectivity index (χ0n) is 24.5. The Kier molecular flexibility index (Phi) is 5.37. The monoisotopic (exact) mass is 592 g/mol. The van der Waals surface area contributed by atoms with Crippen molar-refractivity contribution in [1.82, 2.24) is 9.13 Å². The molecule has 0 bridgehead atoms. The lowest BCUT2D eigenvalue weighted by Gasteiger charge is -2.21. The molecule has 8 aromatic rings. The van der Waals surface area contributed by atoms with Crippen LogP contribution < -0.4 is 0 Å². The molecule has 10 rings (SSSR count). The summed E-state index contributed by atoms with van der Waals surface area (Å²) in [5.41, 5.74) is 11.3. The van der Waals surface area contributed by atoms with E-state index in [9.17, 15) is 0 Å². The Labute approximate surface area is 265 Å². The Hall–Kier alpha value is -5.25. The van der Waals surface area contributed by atoms with Gasteiger partial charge in [0.1, 0.15) is 0 Å². The van der Waals surface area contributed by atoms with Crippen molar-refractivity contribution in [3.8, 4) is 16.8 Å². The molecule has 0 fully saturated rings. The summed E-state index contributed by atoms with van der Waals surface area (Å²) < 4.78 is 4.86. The van der Waals surface area contributed by atoms with E-state index in [2.05, 4.69) is 167 Å². The number of rotatable bonds is 3. The third-order valence-corrected chi connectivity index (χ3v) is 11.0. The molecule has 0 radical (unpaired) electrons. The van der Waals surface area contributed by atoms with Crippen LogP contribution in [0.1, 0.15) is 11.5 Å². The van der Waals surface area contributed by atoms with E-state index in [1.165, 1.54) is 76.6 Å². The molecule has 2 nitrogen and oxygen atoms in total. The van der Waals surface area contributed by atoms with Gasteiger partial charge in [0.25, 0.3) is 0 Å². The van der Waals surface area contributed by atoms with Gasteiger partial charge in [-0.2, -0.15) is 0 Å². The van der Waals surface area contributed by atoms with Crippen LogP contribution in [0.25, 0.3) is 66.1 Å². The molecule has 2 aromatic heterocycles. The minimum absolute atomic E-state index is 0.394. The van der Waals surface area contributed by atoms with Crippen molar-refractivity contribution in [2.45, 2.75) is 16.1 Å². The van der Waals surface area contributed by atoms with Gasteiger partial charge < -0.3 is 9.13 Å². The van der Waals surface area contributed by atoms with Crippen LogP contribution >= 0.6 is 11.8 Å². The highest BCUT2D eigenvalue weighted by Gasteiger charge is 2.32. The van der Waals surface area contributed by atoms with Gasteiger partial charge >= 0.3 is 0 Å². The summed E-state index contributed by atoms with van der Waals surface area (Å²) in [6.07, 6.45) is 7.22. The highest BCUT2D eigenvalue weighted by Crippen LogP contribution is 2.49. The highest BCUT2D eigenvalue weighted by molar-refractivity contribution is 8.00. The molecule has 0 spiro atoms. The molecule has 0 N–H and O–H groups in total. The normalized spacial score (nSPS) is 17.3. The molecule has 2 aliphatic rings. The molecule has 2 atom stereocenters. The quantitative estimate of drug-likeness (QED) is 0.198. The van der Waals surface area contributed by atoms with Crippen LogP contribution in [-0.4, -0.2) is 14.4 Å². The van der Waals surface area contributed by atoms with Gasteiger partial charge in [0.05, 0.1) is 22.1 Å². The number of benzene rings is 6. The largest absolute Gasteiger partial charge is 0.310 e. The van der Waals surface area contributed by atoms with E-state index >= 15 is 0 Å². The van der Waals surface area contributed by atoms with Crippen LogP contribution in [0, 0.1) is 0 Å². The fourth-order valence-corrected chi connectivity index (χ4v) is 8.96. The van der Waals surface area contributed by atoms with Crippen molar-refractivity contribution >= 4 is 61.1 Å². The van der Waals surface area contributed by atoms with Crippen LogP contribution in [0.4, 0.5) is 0 Å². The summed E-state index contributed by atoms with van der Waals surface area (Å²) in [6, 6.07) is 51.1. The molecule has 0 saturated carbocycles. The van der Waals surface area contributed by atoms with Crippen LogP contribution in [0.15, 0.2) is 163 Å². The Balaban J connectivity index is 1.13. The molecule has 1 aliphatic heterocycles. The molecule has 6 aromatic carbocycles. The van der Waals surface area contributed by atoms with Gasteiger partial charge in [0.15, 0.2) is 0 Å². The fourth-order valence-electron chi connectivity index (χ4n) is 7.64. The van der Waals surface area contributed by atoms with E-state index in [0.29, 0.717) is 11.2 Å². The molecule has 1 aliphatic carbocycles. The van der Waals surface area contributed by atoms with Crippen molar-refractivity contribution in [3.63, 3.8) is 0 Å². The van der Waals surface area contributed by atoms with Crippen molar-refractivity contribution in [2.75, 3.05) is 0 Å². The summed E-state index contributed by atoms with van der Waals surface area (Å²) in [5.74, 6) is 0.394. The molecular formula is C42H28N2S. The number of aromatic nitrogens is 2. The van der Waals surface area contributed by atoms with Gasteiger partial charge in [0, 0.05) is 49.0 Å². The SMILES string of the molecule is C1=CC2Sc3ccccc3C2C=C1n1c2ccccc2c2cc(-c3cccc(-n4c5ccccc5c5ccccc54)c3)ccc21. The van der Waals surface area contributed by atoms with E-state index < -0.39 is 0 Å². The maximum Gasteiger partial charge on any atom is 0.0541 e. The predicted octanol–water partition coefficient (Wildman–Crippen LogP) is 11.2. The first-order chi connectivity index (χ1) is 22.3. The first kappa shape index (κ1) is 25.1. The fraction of sp³-hybridized carbons (Fsp3) is 0.0476. The van der Waals surface area contributed by atoms with E-state index in [-0.39, 0.29) is 0 Å². The van der Waals surface area contributed by atoms with Crippen molar-refractivity contribution in [3.05, 3.63) is 163 Å². The lowest BCUT2D eigenvalue weighted by atomic mass is 9.91. The van der Waals surface area contributed by atoms with E-state index in [0.717, 1.165) is 0 Å². The van der Waals surface area contributed by atoms with E-state index in [4.69, 9.17) is 0 Å². The minimum Gasteiger partial charge on any atom is -0.310 e. The average molecular weight is 593 g/mol. The lowest BCUT2D eigenvalue weighted by molar-refractivity contribution is 0.876. The molecule has 0 amide bonds. The standard InChI is InChI=1S/C42H28N2S/c1-5-16-37-31(12-1)32-13-2-6-17-38(32)43(37)29-11-9-10-27(24-29)28-20-22-40-35(25-28)33-14-3-7-18-39(33)44(40)30-21-23-42-36(26-30)34-15-4-8-19-41(34)45-42/h1-26,36,42H. The maximum absolute atomic E-state index is 2.48. The number of hydrogen-bond donors (Lipinski definition) is 0. The first-order valence-electron chi connectivity index (χ1n) is 15.6. The Morgan fingerprint density at radius 1 is 0.489 bits per heavy atom. The summed E-state index contributed by atoms with van der Waals surface area (Å²) in [4.78, 5) is 1.41. The van der Waals surface area contributed by atoms with Crippen LogP contribution in [0.2, 0.25) is 0 Å². The number of hydrogen-bond acceptors (Lipinski definition) is 1. The molecule has 45 heavy (non-hydrogen) atoms. The molecule has 3 heteroatoms. The average Bonchev–Trinajstić information content (AvgIpc) is 3.75. The van der Waals surface area contributed by atoms with Gasteiger partial charge in [-0.25, -0.2) is 0 Å². The summed E-state index contributed by atoms with van der Waals surface area (Å²) in [7, 11) is 0. The van der Waals surface area contributed by atoms with Gasteiger partial charge in [0.2, 0.25) is 0 Å². The smallest absolute Gasteiger partial charge is 0.0541 e. The molecule has 3 heterocycles. The Morgan fingerprint density at radius 2 is 1.11 bits per heavy atom. The van der Waals surface area contributed by atoms with E-state index in [1.54, 1.807) is 0 Å². The van der Waals surface area contributed by atoms with Crippen molar-refractivity contribution in [2.24, 2.45) is 0 Å². The molecule has 212 valence electrons. The van der Waals surface area contributed by atoms with Gasteiger partial charge in [-0.3, -0.25) is 0 Å². The number of thioether (sulfide) groups is 1. The Morgan fingerprint density at radius 3 is 1.89 bits per heavy atom. The van der Waals surface area contributed by atoms with Gasteiger partial charge in [-0.15, -0.1) is 11.8 Å². The maximum atomic E-state index is 2.48. The van der Waals surface area contributed by atoms with Crippen molar-refractivity contribution < 1.29 is 0 Å². The topological polar surface area (TPSA) is 9.86 Å². The second kappa shape index (κ2) is 9.62. The van der Waals surface area contributed by atoms with Gasteiger partial charge in [-0.05, 0) is 71.3 Å². The number of nitrogens with zero attached hydrogens (tertiary/aromatic N) is 2. The molecular weight excluding hydrogens is 565 g/mol. The predicted molar refractivity (Wildman–Crippen MR) is 191 cm³/mol. The second-order valence-corrected chi connectivity index (χ2v) is 13.3. The number of allylic oxidation sites excluding steroid dienone is 3. The number of fused-ring (bicyclic) bond motifs is 9. The molecule has 0 saturated heterocycles. The number of para-hydroxylation sites is 3. The lowest BCUT2D eigenvalue weighted by Crippen LogP contribution is -2.11.